The lowest BCUT2D eigenvalue weighted by atomic mass is 10.1. The third-order valence-electron chi connectivity index (χ3n) is 3.28. The van der Waals surface area contributed by atoms with Crippen LogP contribution in [-0.4, -0.2) is 37.0 Å². The van der Waals surface area contributed by atoms with Gasteiger partial charge in [-0.05, 0) is 38.1 Å². The Morgan fingerprint density at radius 2 is 1.94 bits per heavy atom. The van der Waals surface area contributed by atoms with Crippen molar-refractivity contribution in [2.45, 2.75) is 19.3 Å². The number of nitrogens with zero attached hydrogens (tertiary/aromatic N) is 1. The summed E-state index contributed by atoms with van der Waals surface area (Å²) in [5, 5.41) is 2.77. The van der Waals surface area contributed by atoms with Crippen LogP contribution in [-0.2, 0) is 0 Å². The smallest absolute Gasteiger partial charge is 0.254 e. The first-order valence-corrected chi connectivity index (χ1v) is 6.52. The average Bonchev–Trinajstić information content (AvgIpc) is 2.40. The number of halogens is 1. The fraction of sp³-hybridized carbons (Fsp3) is 0.500. The monoisotopic (exact) mass is 250 g/mol. The SMILES string of the molecule is O=C(NCCN1CCCCC1)c1ccccc1F. The Kier molecular flexibility index (Phi) is 4.70. The van der Waals surface area contributed by atoms with Gasteiger partial charge in [-0.15, -0.1) is 0 Å². The maximum Gasteiger partial charge on any atom is 0.254 e. The summed E-state index contributed by atoms with van der Waals surface area (Å²) in [5.41, 5.74) is 0.121. The highest BCUT2D eigenvalue weighted by atomic mass is 19.1. The molecule has 0 radical (unpaired) electrons. The van der Waals surface area contributed by atoms with Crippen molar-refractivity contribution in [3.05, 3.63) is 35.6 Å². The quantitative estimate of drug-likeness (QED) is 0.887. The lowest BCUT2D eigenvalue weighted by molar-refractivity contribution is 0.0942. The Balaban J connectivity index is 1.76. The molecule has 1 saturated heterocycles. The van der Waals surface area contributed by atoms with E-state index in [1.165, 1.54) is 31.4 Å². The predicted octanol–water partition coefficient (Wildman–Crippen LogP) is 2.04. The standard InChI is InChI=1S/C14H19FN2O/c15-13-7-3-2-6-12(13)14(18)16-8-11-17-9-4-1-5-10-17/h2-3,6-7H,1,4-5,8-11H2,(H,16,18). The molecular formula is C14H19FN2O. The van der Waals surface area contributed by atoms with Gasteiger partial charge in [0.15, 0.2) is 0 Å². The van der Waals surface area contributed by atoms with Gasteiger partial charge in [-0.3, -0.25) is 4.79 Å². The predicted molar refractivity (Wildman–Crippen MR) is 69.0 cm³/mol. The first-order chi connectivity index (χ1) is 8.77. The molecule has 1 aromatic carbocycles. The number of benzene rings is 1. The van der Waals surface area contributed by atoms with Crippen LogP contribution in [0.5, 0.6) is 0 Å². The normalized spacial score (nSPS) is 16.5. The van der Waals surface area contributed by atoms with E-state index in [2.05, 4.69) is 10.2 Å². The molecule has 0 spiro atoms. The Hall–Kier alpha value is -1.42. The van der Waals surface area contributed by atoms with Crippen LogP contribution >= 0.6 is 0 Å². The van der Waals surface area contributed by atoms with Crippen LogP contribution in [0.1, 0.15) is 29.6 Å². The highest BCUT2D eigenvalue weighted by Crippen LogP contribution is 2.08. The van der Waals surface area contributed by atoms with E-state index in [0.717, 1.165) is 19.6 Å². The molecule has 18 heavy (non-hydrogen) atoms. The maximum absolute atomic E-state index is 13.4. The van der Waals surface area contributed by atoms with Crippen molar-refractivity contribution in [1.82, 2.24) is 10.2 Å². The van der Waals surface area contributed by atoms with Gasteiger partial charge >= 0.3 is 0 Å². The molecule has 1 aliphatic heterocycles. The van der Waals surface area contributed by atoms with Crippen LogP contribution < -0.4 is 5.32 Å². The molecule has 1 fully saturated rings. The number of piperidine rings is 1. The zero-order valence-electron chi connectivity index (χ0n) is 10.5. The zero-order valence-corrected chi connectivity index (χ0v) is 10.5. The molecule has 0 unspecified atom stereocenters. The number of rotatable bonds is 4. The second-order valence-corrected chi connectivity index (χ2v) is 4.64. The van der Waals surface area contributed by atoms with Crippen LogP contribution in [0.15, 0.2) is 24.3 Å². The molecule has 3 nitrogen and oxygen atoms in total. The number of carbonyl (C=O) groups is 1. The molecule has 0 aromatic heterocycles. The third kappa shape index (κ3) is 3.53. The lowest BCUT2D eigenvalue weighted by Crippen LogP contribution is -2.37. The van der Waals surface area contributed by atoms with Gasteiger partial charge in [-0.1, -0.05) is 18.6 Å². The first-order valence-electron chi connectivity index (χ1n) is 6.52. The minimum Gasteiger partial charge on any atom is -0.351 e. The summed E-state index contributed by atoms with van der Waals surface area (Å²) in [4.78, 5) is 14.1. The lowest BCUT2D eigenvalue weighted by Gasteiger charge is -2.26. The van der Waals surface area contributed by atoms with E-state index in [0.29, 0.717) is 6.54 Å². The number of hydrogen-bond acceptors (Lipinski definition) is 2. The second kappa shape index (κ2) is 6.50. The van der Waals surface area contributed by atoms with Crippen molar-refractivity contribution < 1.29 is 9.18 Å². The number of hydrogen-bond donors (Lipinski definition) is 1. The molecule has 1 aromatic rings. The average molecular weight is 250 g/mol. The minimum atomic E-state index is -0.465. The molecule has 1 amide bonds. The summed E-state index contributed by atoms with van der Waals surface area (Å²) >= 11 is 0. The Morgan fingerprint density at radius 1 is 1.22 bits per heavy atom. The van der Waals surface area contributed by atoms with E-state index in [4.69, 9.17) is 0 Å². The number of amides is 1. The summed E-state index contributed by atoms with van der Waals surface area (Å²) in [6.07, 6.45) is 3.78. The van der Waals surface area contributed by atoms with E-state index in [1.807, 2.05) is 0 Å². The Bertz CT molecular complexity index is 403. The van der Waals surface area contributed by atoms with E-state index in [-0.39, 0.29) is 11.5 Å². The second-order valence-electron chi connectivity index (χ2n) is 4.64. The van der Waals surface area contributed by atoms with Gasteiger partial charge in [0.25, 0.3) is 5.91 Å². The fourth-order valence-corrected chi connectivity index (χ4v) is 2.25. The van der Waals surface area contributed by atoms with Gasteiger partial charge in [-0.25, -0.2) is 4.39 Å². The van der Waals surface area contributed by atoms with E-state index in [9.17, 15) is 9.18 Å². The van der Waals surface area contributed by atoms with Crippen molar-refractivity contribution in [3.8, 4) is 0 Å². The molecule has 98 valence electrons. The zero-order chi connectivity index (χ0) is 12.8. The van der Waals surface area contributed by atoms with Gasteiger partial charge in [0.2, 0.25) is 0 Å². The Morgan fingerprint density at radius 3 is 2.67 bits per heavy atom. The molecule has 1 N–H and O–H groups in total. The number of nitrogens with one attached hydrogen (secondary N) is 1. The maximum atomic E-state index is 13.4. The molecule has 0 atom stereocenters. The minimum absolute atomic E-state index is 0.121. The van der Waals surface area contributed by atoms with Crippen molar-refractivity contribution in [2.75, 3.05) is 26.2 Å². The van der Waals surface area contributed by atoms with E-state index >= 15 is 0 Å². The van der Waals surface area contributed by atoms with Crippen LogP contribution in [0.25, 0.3) is 0 Å². The van der Waals surface area contributed by atoms with Crippen LogP contribution in [0.2, 0.25) is 0 Å². The number of carbonyl (C=O) groups excluding carboxylic acids is 1. The van der Waals surface area contributed by atoms with Gasteiger partial charge in [-0.2, -0.15) is 0 Å². The molecule has 1 aliphatic rings. The van der Waals surface area contributed by atoms with Crippen LogP contribution in [0.4, 0.5) is 4.39 Å². The molecule has 4 heteroatoms. The van der Waals surface area contributed by atoms with Gasteiger partial charge in [0, 0.05) is 13.1 Å². The third-order valence-corrected chi connectivity index (χ3v) is 3.28. The summed E-state index contributed by atoms with van der Waals surface area (Å²) in [7, 11) is 0. The van der Waals surface area contributed by atoms with E-state index in [1.54, 1.807) is 12.1 Å². The molecular weight excluding hydrogens is 231 g/mol. The summed E-state index contributed by atoms with van der Waals surface area (Å²) < 4.78 is 13.4. The van der Waals surface area contributed by atoms with Crippen molar-refractivity contribution in [2.24, 2.45) is 0 Å². The summed E-state index contributed by atoms with van der Waals surface area (Å²) in [6, 6.07) is 6.06. The summed E-state index contributed by atoms with van der Waals surface area (Å²) in [5.74, 6) is -0.793. The molecule has 0 saturated carbocycles. The van der Waals surface area contributed by atoms with Crippen molar-refractivity contribution in [1.29, 1.82) is 0 Å². The van der Waals surface area contributed by atoms with Crippen LogP contribution in [0.3, 0.4) is 0 Å². The molecule has 1 heterocycles. The van der Waals surface area contributed by atoms with E-state index < -0.39 is 5.82 Å². The topological polar surface area (TPSA) is 32.3 Å². The molecule has 0 aliphatic carbocycles. The summed E-state index contributed by atoms with van der Waals surface area (Å²) in [6.45, 7) is 3.64. The van der Waals surface area contributed by atoms with Crippen molar-refractivity contribution in [3.63, 3.8) is 0 Å². The number of likely N-dealkylation sites (tertiary alicyclic amines) is 1. The van der Waals surface area contributed by atoms with Crippen LogP contribution in [0, 0.1) is 5.82 Å². The van der Waals surface area contributed by atoms with Gasteiger partial charge in [0.05, 0.1) is 5.56 Å². The largest absolute Gasteiger partial charge is 0.351 e. The first kappa shape index (κ1) is 13.0. The molecule has 0 bridgehead atoms. The highest BCUT2D eigenvalue weighted by Gasteiger charge is 2.12. The highest BCUT2D eigenvalue weighted by molar-refractivity contribution is 5.94. The molecule has 2 rings (SSSR count). The fourth-order valence-electron chi connectivity index (χ4n) is 2.25. The van der Waals surface area contributed by atoms with Crippen molar-refractivity contribution >= 4 is 5.91 Å². The van der Waals surface area contributed by atoms with Gasteiger partial charge < -0.3 is 10.2 Å². The van der Waals surface area contributed by atoms with Gasteiger partial charge in [0.1, 0.15) is 5.82 Å². The Labute approximate surface area is 107 Å².